The van der Waals surface area contributed by atoms with Gasteiger partial charge in [0.1, 0.15) is 5.82 Å². The van der Waals surface area contributed by atoms with E-state index < -0.39 is 11.6 Å². The number of anilines is 1. The molecule has 1 aromatic rings. The molecule has 0 spiro atoms. The van der Waals surface area contributed by atoms with Crippen molar-refractivity contribution < 1.29 is 13.6 Å². The molecule has 100 valence electrons. The summed E-state index contributed by atoms with van der Waals surface area (Å²) in [6, 6.07) is 1.81. The fraction of sp³-hybridized carbons (Fsp3) is 0.417. The summed E-state index contributed by atoms with van der Waals surface area (Å²) in [4.78, 5) is 11.3. The van der Waals surface area contributed by atoms with Gasteiger partial charge in [0.25, 0.3) is 0 Å². The number of carbonyl (C=O) groups is 1. The highest BCUT2D eigenvalue weighted by Crippen LogP contribution is 2.26. The number of benzene rings is 1. The van der Waals surface area contributed by atoms with Crippen molar-refractivity contribution in [3.05, 3.63) is 28.8 Å². The Morgan fingerprint density at radius 3 is 2.61 bits per heavy atom. The van der Waals surface area contributed by atoms with Crippen LogP contribution >= 0.6 is 11.6 Å². The van der Waals surface area contributed by atoms with Crippen molar-refractivity contribution in [3.8, 4) is 0 Å². The van der Waals surface area contributed by atoms with Gasteiger partial charge in [-0.05, 0) is 19.9 Å². The first-order chi connectivity index (χ1) is 8.40. The molecule has 6 heteroatoms. The van der Waals surface area contributed by atoms with E-state index in [0.717, 1.165) is 12.1 Å². The van der Waals surface area contributed by atoms with Crippen molar-refractivity contribution in [2.45, 2.75) is 26.3 Å². The zero-order chi connectivity index (χ0) is 13.7. The highest BCUT2D eigenvalue weighted by Gasteiger charge is 2.10. The minimum atomic E-state index is -0.774. The molecular formula is C12H15ClF2N2O. The van der Waals surface area contributed by atoms with Gasteiger partial charge < -0.3 is 10.6 Å². The first kappa shape index (κ1) is 14.7. The molecule has 1 aromatic carbocycles. The molecule has 0 unspecified atom stereocenters. The maximum absolute atomic E-state index is 13.4. The minimum Gasteiger partial charge on any atom is -0.381 e. The Morgan fingerprint density at radius 2 is 2.06 bits per heavy atom. The van der Waals surface area contributed by atoms with E-state index in [0.29, 0.717) is 0 Å². The average Bonchev–Trinajstić information content (AvgIpc) is 2.20. The monoisotopic (exact) mass is 276 g/mol. The van der Waals surface area contributed by atoms with Gasteiger partial charge >= 0.3 is 0 Å². The number of halogens is 3. The van der Waals surface area contributed by atoms with Gasteiger partial charge in [0.2, 0.25) is 5.91 Å². The molecule has 3 nitrogen and oxygen atoms in total. The van der Waals surface area contributed by atoms with Crippen molar-refractivity contribution in [2.75, 3.05) is 11.9 Å². The zero-order valence-corrected chi connectivity index (χ0v) is 10.9. The van der Waals surface area contributed by atoms with E-state index in [1.165, 1.54) is 0 Å². The van der Waals surface area contributed by atoms with Gasteiger partial charge in [-0.2, -0.15) is 0 Å². The second kappa shape index (κ2) is 6.54. The number of carbonyl (C=O) groups excluding carboxylic acids is 1. The summed E-state index contributed by atoms with van der Waals surface area (Å²) in [5, 5.41) is 5.34. The fourth-order valence-corrected chi connectivity index (χ4v) is 1.67. The van der Waals surface area contributed by atoms with Gasteiger partial charge in [0.15, 0.2) is 5.82 Å². The molecule has 2 N–H and O–H groups in total. The van der Waals surface area contributed by atoms with E-state index in [9.17, 15) is 13.6 Å². The molecule has 0 fully saturated rings. The third-order valence-electron chi connectivity index (χ3n) is 2.11. The lowest BCUT2D eigenvalue weighted by Gasteiger charge is -2.11. The smallest absolute Gasteiger partial charge is 0.221 e. The molecule has 0 aliphatic heterocycles. The molecule has 18 heavy (non-hydrogen) atoms. The van der Waals surface area contributed by atoms with Crippen LogP contribution in [0.5, 0.6) is 0 Å². The van der Waals surface area contributed by atoms with E-state index in [-0.39, 0.29) is 35.6 Å². The van der Waals surface area contributed by atoms with Crippen LogP contribution in [0.15, 0.2) is 12.1 Å². The predicted octanol–water partition coefficient (Wildman–Crippen LogP) is 2.94. The Hall–Kier alpha value is -1.36. The second-order valence-corrected chi connectivity index (χ2v) is 4.55. The fourth-order valence-electron chi connectivity index (χ4n) is 1.41. The van der Waals surface area contributed by atoms with E-state index in [1.54, 1.807) is 0 Å². The van der Waals surface area contributed by atoms with Crippen LogP contribution in [0.1, 0.15) is 20.3 Å². The van der Waals surface area contributed by atoms with Crippen molar-refractivity contribution in [2.24, 2.45) is 0 Å². The molecule has 1 amide bonds. The van der Waals surface area contributed by atoms with Gasteiger partial charge in [-0.1, -0.05) is 11.6 Å². The maximum Gasteiger partial charge on any atom is 0.221 e. The van der Waals surface area contributed by atoms with E-state index in [2.05, 4.69) is 10.6 Å². The van der Waals surface area contributed by atoms with Crippen LogP contribution in [0.25, 0.3) is 0 Å². The van der Waals surface area contributed by atoms with Crippen LogP contribution in [0.2, 0.25) is 5.02 Å². The largest absolute Gasteiger partial charge is 0.381 e. The number of hydrogen-bond acceptors (Lipinski definition) is 2. The Kier molecular flexibility index (Phi) is 5.34. The number of rotatable bonds is 5. The van der Waals surface area contributed by atoms with Crippen LogP contribution in [-0.4, -0.2) is 18.5 Å². The van der Waals surface area contributed by atoms with Crippen LogP contribution in [0.3, 0.4) is 0 Å². The molecule has 0 saturated heterocycles. The summed E-state index contributed by atoms with van der Waals surface area (Å²) >= 11 is 5.69. The van der Waals surface area contributed by atoms with E-state index in [4.69, 9.17) is 11.6 Å². The van der Waals surface area contributed by atoms with Crippen molar-refractivity contribution in [3.63, 3.8) is 0 Å². The standard InChI is InChI=1S/C12H15ClF2N2O/c1-7(2)17-11(18)3-4-16-12-9(13)5-8(14)6-10(12)15/h5-7,16H,3-4H2,1-2H3,(H,17,18). The molecule has 0 bridgehead atoms. The molecular weight excluding hydrogens is 262 g/mol. The lowest BCUT2D eigenvalue weighted by atomic mass is 10.2. The molecule has 0 heterocycles. The normalized spacial score (nSPS) is 10.6. The topological polar surface area (TPSA) is 41.1 Å². The summed E-state index contributed by atoms with van der Waals surface area (Å²) < 4.78 is 26.1. The van der Waals surface area contributed by atoms with E-state index in [1.807, 2.05) is 13.8 Å². The Morgan fingerprint density at radius 1 is 1.39 bits per heavy atom. The van der Waals surface area contributed by atoms with Crippen LogP contribution in [0, 0.1) is 11.6 Å². The Labute approximate surface area is 110 Å². The third kappa shape index (κ3) is 4.49. The van der Waals surface area contributed by atoms with Crippen LogP contribution in [-0.2, 0) is 4.79 Å². The second-order valence-electron chi connectivity index (χ2n) is 4.14. The predicted molar refractivity (Wildman–Crippen MR) is 67.8 cm³/mol. The lowest BCUT2D eigenvalue weighted by Crippen LogP contribution is -2.31. The first-order valence-electron chi connectivity index (χ1n) is 5.58. The molecule has 0 aliphatic carbocycles. The van der Waals surface area contributed by atoms with Crippen molar-refractivity contribution in [1.82, 2.24) is 5.32 Å². The molecule has 0 radical (unpaired) electrons. The Balaban J connectivity index is 2.52. The average molecular weight is 277 g/mol. The SMILES string of the molecule is CC(C)NC(=O)CCNc1c(F)cc(F)cc1Cl. The molecule has 0 saturated carbocycles. The van der Waals surface area contributed by atoms with Crippen molar-refractivity contribution >= 4 is 23.2 Å². The first-order valence-corrected chi connectivity index (χ1v) is 5.95. The lowest BCUT2D eigenvalue weighted by molar-refractivity contribution is -0.121. The zero-order valence-electron chi connectivity index (χ0n) is 10.2. The third-order valence-corrected chi connectivity index (χ3v) is 2.41. The molecule has 1 rings (SSSR count). The van der Waals surface area contributed by atoms with Gasteiger partial charge in [0, 0.05) is 25.1 Å². The number of amides is 1. The quantitative estimate of drug-likeness (QED) is 0.868. The number of hydrogen-bond donors (Lipinski definition) is 2. The maximum atomic E-state index is 13.4. The van der Waals surface area contributed by atoms with Crippen LogP contribution in [0.4, 0.5) is 14.5 Å². The minimum absolute atomic E-state index is 0.00964. The van der Waals surface area contributed by atoms with Crippen LogP contribution < -0.4 is 10.6 Å². The van der Waals surface area contributed by atoms with Crippen molar-refractivity contribution in [1.29, 1.82) is 0 Å². The molecule has 0 aliphatic rings. The summed E-state index contributed by atoms with van der Waals surface area (Å²) in [7, 11) is 0. The summed E-state index contributed by atoms with van der Waals surface area (Å²) in [5.74, 6) is -1.65. The van der Waals surface area contributed by atoms with Gasteiger partial charge in [0.05, 0.1) is 10.7 Å². The molecule has 0 aromatic heterocycles. The highest BCUT2D eigenvalue weighted by molar-refractivity contribution is 6.33. The summed E-state index contributed by atoms with van der Waals surface area (Å²) in [5.41, 5.74) is 0.00964. The molecule has 0 atom stereocenters. The van der Waals surface area contributed by atoms with Gasteiger partial charge in [-0.15, -0.1) is 0 Å². The summed E-state index contributed by atoms with van der Waals surface area (Å²) in [6.45, 7) is 3.92. The van der Waals surface area contributed by atoms with E-state index >= 15 is 0 Å². The van der Waals surface area contributed by atoms with Gasteiger partial charge in [-0.25, -0.2) is 8.78 Å². The Bertz CT molecular complexity index is 415. The highest BCUT2D eigenvalue weighted by atomic mass is 35.5. The summed E-state index contributed by atoms with van der Waals surface area (Å²) in [6.07, 6.45) is 0.186. The number of nitrogens with one attached hydrogen (secondary N) is 2. The van der Waals surface area contributed by atoms with Gasteiger partial charge in [-0.3, -0.25) is 4.79 Å².